The van der Waals surface area contributed by atoms with E-state index < -0.39 is 0 Å². The topological polar surface area (TPSA) is 42.7 Å². The van der Waals surface area contributed by atoms with Crippen LogP contribution in [-0.4, -0.2) is 21.5 Å². The van der Waals surface area contributed by atoms with Crippen molar-refractivity contribution in [3.8, 4) is 5.69 Å². The highest BCUT2D eigenvalue weighted by atomic mass is 15.4. The Morgan fingerprint density at radius 3 is 2.40 bits per heavy atom. The van der Waals surface area contributed by atoms with Gasteiger partial charge in [0.15, 0.2) is 0 Å². The molecule has 0 aliphatic heterocycles. The molecule has 1 heterocycles. The quantitative estimate of drug-likeness (QED) is 0.908. The first kappa shape index (κ1) is 14.7. The maximum atomic E-state index is 4.35. The molecule has 2 aromatic rings. The lowest BCUT2D eigenvalue weighted by Crippen LogP contribution is -2.20. The molecule has 1 atom stereocenters. The van der Waals surface area contributed by atoms with Crippen molar-refractivity contribution in [2.24, 2.45) is 0 Å². The molecule has 0 aliphatic rings. The summed E-state index contributed by atoms with van der Waals surface area (Å²) in [4.78, 5) is 0. The molecule has 4 nitrogen and oxygen atoms in total. The van der Waals surface area contributed by atoms with Crippen molar-refractivity contribution in [3.05, 3.63) is 40.7 Å². The lowest BCUT2D eigenvalue weighted by atomic mass is 10.1. The first-order valence-corrected chi connectivity index (χ1v) is 7.27. The second-order valence-electron chi connectivity index (χ2n) is 5.49. The normalized spacial score (nSPS) is 12.7. The second-order valence-corrected chi connectivity index (χ2v) is 5.49. The van der Waals surface area contributed by atoms with Gasteiger partial charge in [-0.25, -0.2) is 4.68 Å². The van der Waals surface area contributed by atoms with Crippen LogP contribution in [0.3, 0.4) is 0 Å². The molecule has 1 N–H and O–H groups in total. The molecular formula is C16H24N4. The Kier molecular flexibility index (Phi) is 4.55. The number of benzene rings is 1. The Morgan fingerprint density at radius 2 is 1.80 bits per heavy atom. The maximum Gasteiger partial charge on any atom is 0.103 e. The number of aromatic nitrogens is 3. The van der Waals surface area contributed by atoms with Crippen LogP contribution in [0, 0.1) is 20.8 Å². The van der Waals surface area contributed by atoms with E-state index in [1.165, 1.54) is 11.1 Å². The highest BCUT2D eigenvalue weighted by molar-refractivity contribution is 5.40. The average Bonchev–Trinajstić information content (AvgIpc) is 2.76. The molecule has 0 spiro atoms. The molecule has 4 heteroatoms. The largest absolute Gasteiger partial charge is 0.309 e. The van der Waals surface area contributed by atoms with E-state index in [1.807, 2.05) is 4.68 Å². The molecule has 0 fully saturated rings. The van der Waals surface area contributed by atoms with Crippen molar-refractivity contribution >= 4 is 0 Å². The molecule has 1 aromatic carbocycles. The number of hydrogen-bond donors (Lipinski definition) is 1. The van der Waals surface area contributed by atoms with Crippen LogP contribution in [0.25, 0.3) is 5.69 Å². The van der Waals surface area contributed by atoms with E-state index >= 15 is 0 Å². The van der Waals surface area contributed by atoms with E-state index in [1.54, 1.807) is 0 Å². The lowest BCUT2D eigenvalue weighted by molar-refractivity contribution is 0.555. The van der Waals surface area contributed by atoms with Crippen LogP contribution in [-0.2, 0) is 0 Å². The van der Waals surface area contributed by atoms with Gasteiger partial charge in [-0.1, -0.05) is 18.2 Å². The van der Waals surface area contributed by atoms with E-state index in [9.17, 15) is 0 Å². The summed E-state index contributed by atoms with van der Waals surface area (Å²) in [6.45, 7) is 11.6. The Bertz CT molecular complexity index is 566. The third-order valence-corrected chi connectivity index (χ3v) is 3.49. The molecule has 2 rings (SSSR count). The summed E-state index contributed by atoms with van der Waals surface area (Å²) >= 11 is 0. The van der Waals surface area contributed by atoms with Gasteiger partial charge in [0.1, 0.15) is 5.69 Å². The standard InChI is InChI=1S/C16H24N4/c1-6-7-17-13(4)16-14(5)20(19-18-16)15-9-11(2)8-12(3)10-15/h8-10,13,17H,6-7H2,1-5H3. The summed E-state index contributed by atoms with van der Waals surface area (Å²) < 4.78 is 1.93. The Morgan fingerprint density at radius 1 is 1.15 bits per heavy atom. The van der Waals surface area contributed by atoms with Crippen molar-refractivity contribution in [2.75, 3.05) is 6.54 Å². The number of nitrogens with one attached hydrogen (secondary N) is 1. The maximum absolute atomic E-state index is 4.35. The average molecular weight is 272 g/mol. The molecule has 0 saturated heterocycles. The third kappa shape index (κ3) is 3.07. The minimum Gasteiger partial charge on any atom is -0.309 e. The van der Waals surface area contributed by atoms with E-state index in [4.69, 9.17) is 0 Å². The van der Waals surface area contributed by atoms with Crippen molar-refractivity contribution in [2.45, 2.75) is 47.1 Å². The lowest BCUT2D eigenvalue weighted by Gasteiger charge is -2.12. The fourth-order valence-electron chi connectivity index (χ4n) is 2.52. The zero-order valence-electron chi connectivity index (χ0n) is 13.1. The Labute approximate surface area is 121 Å². The fourth-order valence-corrected chi connectivity index (χ4v) is 2.52. The molecule has 1 unspecified atom stereocenters. The summed E-state index contributed by atoms with van der Waals surface area (Å²) in [5.74, 6) is 0. The summed E-state index contributed by atoms with van der Waals surface area (Å²) in [5, 5.41) is 12.1. The van der Waals surface area contributed by atoms with Crippen LogP contribution >= 0.6 is 0 Å². The van der Waals surface area contributed by atoms with E-state index in [-0.39, 0.29) is 6.04 Å². The zero-order chi connectivity index (χ0) is 14.7. The zero-order valence-corrected chi connectivity index (χ0v) is 13.1. The summed E-state index contributed by atoms with van der Waals surface area (Å²) in [5.41, 5.74) is 5.70. The molecule has 0 aliphatic carbocycles. The van der Waals surface area contributed by atoms with Crippen LogP contribution in [0.2, 0.25) is 0 Å². The number of hydrogen-bond acceptors (Lipinski definition) is 3. The van der Waals surface area contributed by atoms with Crippen LogP contribution < -0.4 is 5.32 Å². The van der Waals surface area contributed by atoms with Crippen LogP contribution in [0.5, 0.6) is 0 Å². The van der Waals surface area contributed by atoms with E-state index in [2.05, 4.69) is 68.4 Å². The molecule has 20 heavy (non-hydrogen) atoms. The van der Waals surface area contributed by atoms with Crippen LogP contribution in [0.15, 0.2) is 18.2 Å². The van der Waals surface area contributed by atoms with Gasteiger partial charge < -0.3 is 5.32 Å². The van der Waals surface area contributed by atoms with E-state index in [0.29, 0.717) is 0 Å². The number of aryl methyl sites for hydroxylation is 2. The van der Waals surface area contributed by atoms with Crippen molar-refractivity contribution in [1.29, 1.82) is 0 Å². The number of nitrogens with zero attached hydrogens (tertiary/aromatic N) is 3. The minimum absolute atomic E-state index is 0.231. The summed E-state index contributed by atoms with van der Waals surface area (Å²) in [6, 6.07) is 6.68. The van der Waals surface area contributed by atoms with Gasteiger partial charge in [0, 0.05) is 0 Å². The second kappa shape index (κ2) is 6.18. The van der Waals surface area contributed by atoms with Gasteiger partial charge in [-0.05, 0) is 63.9 Å². The molecular weight excluding hydrogens is 248 g/mol. The first-order valence-electron chi connectivity index (χ1n) is 7.27. The van der Waals surface area contributed by atoms with Crippen LogP contribution in [0.4, 0.5) is 0 Å². The monoisotopic (exact) mass is 272 g/mol. The highest BCUT2D eigenvalue weighted by Crippen LogP contribution is 2.19. The van der Waals surface area contributed by atoms with Gasteiger partial charge in [-0.3, -0.25) is 0 Å². The predicted molar refractivity (Wildman–Crippen MR) is 82.3 cm³/mol. The summed E-state index contributed by atoms with van der Waals surface area (Å²) in [7, 11) is 0. The summed E-state index contributed by atoms with van der Waals surface area (Å²) in [6.07, 6.45) is 1.12. The van der Waals surface area contributed by atoms with Crippen molar-refractivity contribution in [3.63, 3.8) is 0 Å². The van der Waals surface area contributed by atoms with Crippen molar-refractivity contribution < 1.29 is 0 Å². The van der Waals surface area contributed by atoms with Gasteiger partial charge >= 0.3 is 0 Å². The predicted octanol–water partition coefficient (Wildman–Crippen LogP) is 3.25. The van der Waals surface area contributed by atoms with Gasteiger partial charge in [0.2, 0.25) is 0 Å². The fraction of sp³-hybridized carbons (Fsp3) is 0.500. The molecule has 0 radical (unpaired) electrons. The molecule has 1 aromatic heterocycles. The van der Waals surface area contributed by atoms with Gasteiger partial charge in [-0.2, -0.15) is 0 Å². The first-order chi connectivity index (χ1) is 9.52. The van der Waals surface area contributed by atoms with Gasteiger partial charge in [0.05, 0.1) is 17.4 Å². The minimum atomic E-state index is 0.231. The SMILES string of the molecule is CCCNC(C)c1nnn(-c2cc(C)cc(C)c2)c1C. The molecule has 0 bridgehead atoms. The smallest absolute Gasteiger partial charge is 0.103 e. The van der Waals surface area contributed by atoms with E-state index in [0.717, 1.165) is 30.0 Å². The number of rotatable bonds is 5. The highest BCUT2D eigenvalue weighted by Gasteiger charge is 2.15. The molecule has 0 amide bonds. The van der Waals surface area contributed by atoms with Gasteiger partial charge in [-0.15, -0.1) is 5.10 Å². The van der Waals surface area contributed by atoms with Crippen LogP contribution in [0.1, 0.15) is 48.8 Å². The Hall–Kier alpha value is -1.68. The van der Waals surface area contributed by atoms with Crippen molar-refractivity contribution in [1.82, 2.24) is 20.3 Å². The van der Waals surface area contributed by atoms with Gasteiger partial charge in [0.25, 0.3) is 0 Å². The third-order valence-electron chi connectivity index (χ3n) is 3.49. The Balaban J connectivity index is 2.32. The molecule has 108 valence electrons. The molecule has 0 saturated carbocycles.